The minimum absolute atomic E-state index is 0.399. The first-order valence-electron chi connectivity index (χ1n) is 6.42. The number of benzene rings is 1. The summed E-state index contributed by atoms with van der Waals surface area (Å²) < 4.78 is 5.12. The molecule has 0 spiro atoms. The molecule has 0 saturated heterocycles. The van der Waals surface area contributed by atoms with Crippen LogP contribution in [0.5, 0.6) is 5.75 Å². The van der Waals surface area contributed by atoms with Crippen molar-refractivity contribution in [3.8, 4) is 17.1 Å². The molecule has 0 aliphatic heterocycles. The fourth-order valence-electron chi connectivity index (χ4n) is 2.06. The van der Waals surface area contributed by atoms with Gasteiger partial charge in [-0.3, -0.25) is 0 Å². The Balaban J connectivity index is 1.80. The molecule has 1 aromatic heterocycles. The van der Waals surface area contributed by atoms with Crippen molar-refractivity contribution in [2.24, 2.45) is 5.92 Å². The molecule has 1 heterocycles. The van der Waals surface area contributed by atoms with Crippen LogP contribution in [0.4, 0.5) is 0 Å². The van der Waals surface area contributed by atoms with Crippen molar-refractivity contribution in [2.45, 2.75) is 18.9 Å². The molecule has 0 radical (unpaired) electrons. The Morgan fingerprint density at radius 2 is 1.79 bits per heavy atom. The highest BCUT2D eigenvalue weighted by atomic mass is 16.5. The molecule has 1 atom stereocenters. The van der Waals surface area contributed by atoms with Crippen molar-refractivity contribution in [3.05, 3.63) is 42.2 Å². The predicted octanol–water partition coefficient (Wildman–Crippen LogP) is 2.60. The molecule has 0 amide bonds. The van der Waals surface area contributed by atoms with Gasteiger partial charge in [-0.2, -0.15) is 0 Å². The molecule has 1 aliphatic carbocycles. The number of ether oxygens (including phenoxy) is 1. The van der Waals surface area contributed by atoms with Gasteiger partial charge in [-0.15, -0.1) is 0 Å². The summed E-state index contributed by atoms with van der Waals surface area (Å²) >= 11 is 0. The first kappa shape index (κ1) is 12.1. The number of aromatic nitrogens is 2. The fourth-order valence-corrected chi connectivity index (χ4v) is 2.06. The van der Waals surface area contributed by atoms with Crippen LogP contribution < -0.4 is 4.74 Å². The first-order valence-corrected chi connectivity index (χ1v) is 6.42. The van der Waals surface area contributed by atoms with Crippen LogP contribution in [-0.4, -0.2) is 22.2 Å². The predicted molar refractivity (Wildman–Crippen MR) is 71.7 cm³/mol. The zero-order valence-corrected chi connectivity index (χ0v) is 10.8. The van der Waals surface area contributed by atoms with Gasteiger partial charge in [0, 0.05) is 23.5 Å². The van der Waals surface area contributed by atoms with Crippen LogP contribution in [-0.2, 0) is 0 Å². The number of hydrogen-bond donors (Lipinski definition) is 1. The van der Waals surface area contributed by atoms with Crippen molar-refractivity contribution >= 4 is 0 Å². The lowest BCUT2D eigenvalue weighted by Gasteiger charge is -2.09. The van der Waals surface area contributed by atoms with E-state index in [1.54, 1.807) is 19.5 Å². The number of aliphatic hydroxyl groups excluding tert-OH is 1. The second-order valence-electron chi connectivity index (χ2n) is 4.85. The molecule has 3 rings (SSSR count). The van der Waals surface area contributed by atoms with E-state index < -0.39 is 6.10 Å². The summed E-state index contributed by atoms with van der Waals surface area (Å²) in [6, 6.07) is 7.60. The molecule has 1 aromatic carbocycles. The molecule has 1 unspecified atom stereocenters. The molecular formula is C15H16N2O2. The normalized spacial score (nSPS) is 16.1. The Kier molecular flexibility index (Phi) is 3.17. The largest absolute Gasteiger partial charge is 0.497 e. The van der Waals surface area contributed by atoms with Crippen molar-refractivity contribution in [3.63, 3.8) is 0 Å². The topological polar surface area (TPSA) is 55.2 Å². The molecule has 4 heteroatoms. The number of nitrogens with zero attached hydrogens (tertiary/aromatic N) is 2. The maximum atomic E-state index is 9.99. The van der Waals surface area contributed by atoms with Crippen molar-refractivity contribution < 1.29 is 9.84 Å². The van der Waals surface area contributed by atoms with Gasteiger partial charge < -0.3 is 9.84 Å². The van der Waals surface area contributed by atoms with E-state index >= 15 is 0 Å². The summed E-state index contributed by atoms with van der Waals surface area (Å²) in [4.78, 5) is 8.65. The number of methoxy groups -OCH3 is 1. The number of rotatable bonds is 4. The molecule has 98 valence electrons. The van der Waals surface area contributed by atoms with Gasteiger partial charge in [0.1, 0.15) is 5.75 Å². The van der Waals surface area contributed by atoms with Gasteiger partial charge in [-0.05, 0) is 43.0 Å². The molecule has 19 heavy (non-hydrogen) atoms. The third-order valence-corrected chi connectivity index (χ3v) is 3.43. The van der Waals surface area contributed by atoms with Crippen LogP contribution in [0.1, 0.15) is 24.5 Å². The summed E-state index contributed by atoms with van der Waals surface area (Å²) in [5, 5.41) is 9.99. The minimum atomic E-state index is -0.412. The summed E-state index contributed by atoms with van der Waals surface area (Å²) in [5.41, 5.74) is 1.74. The van der Waals surface area contributed by atoms with Gasteiger partial charge >= 0.3 is 0 Å². The first-order chi connectivity index (χ1) is 9.28. The highest BCUT2D eigenvalue weighted by Gasteiger charge is 2.31. The quantitative estimate of drug-likeness (QED) is 0.913. The highest BCUT2D eigenvalue weighted by molar-refractivity contribution is 5.55. The fraction of sp³-hybridized carbons (Fsp3) is 0.333. The third-order valence-electron chi connectivity index (χ3n) is 3.43. The zero-order chi connectivity index (χ0) is 13.2. The average molecular weight is 256 g/mol. The number of aliphatic hydroxyl groups is 1. The maximum Gasteiger partial charge on any atom is 0.159 e. The SMILES string of the molecule is COc1ccc(-c2ncc(C(O)C3CC3)cn2)cc1. The van der Waals surface area contributed by atoms with Crippen LogP contribution in [0.3, 0.4) is 0 Å². The Bertz CT molecular complexity index is 547. The lowest BCUT2D eigenvalue weighted by Crippen LogP contribution is -2.01. The lowest BCUT2D eigenvalue weighted by atomic mass is 10.1. The van der Waals surface area contributed by atoms with Gasteiger partial charge in [0.2, 0.25) is 0 Å². The second-order valence-corrected chi connectivity index (χ2v) is 4.85. The summed E-state index contributed by atoms with van der Waals surface area (Å²) in [6.07, 6.45) is 5.22. The van der Waals surface area contributed by atoms with Gasteiger partial charge in [0.15, 0.2) is 5.82 Å². The lowest BCUT2D eigenvalue weighted by molar-refractivity contribution is 0.153. The molecule has 1 N–H and O–H groups in total. The standard InChI is InChI=1S/C15H16N2O2/c1-19-13-6-4-11(5-7-13)15-16-8-12(9-17-15)14(18)10-2-3-10/h4-10,14,18H,2-3H2,1H3. The number of hydrogen-bond acceptors (Lipinski definition) is 4. The van der Waals surface area contributed by atoms with Gasteiger partial charge in [-0.25, -0.2) is 9.97 Å². The minimum Gasteiger partial charge on any atom is -0.497 e. The molecule has 0 bridgehead atoms. The molecule has 1 fully saturated rings. The maximum absolute atomic E-state index is 9.99. The van der Waals surface area contributed by atoms with E-state index in [1.807, 2.05) is 24.3 Å². The van der Waals surface area contributed by atoms with Gasteiger partial charge in [0.25, 0.3) is 0 Å². The van der Waals surface area contributed by atoms with E-state index in [4.69, 9.17) is 4.74 Å². The zero-order valence-electron chi connectivity index (χ0n) is 10.8. The van der Waals surface area contributed by atoms with E-state index in [0.717, 1.165) is 29.7 Å². The smallest absolute Gasteiger partial charge is 0.159 e. The molecular weight excluding hydrogens is 240 g/mol. The average Bonchev–Trinajstić information content (AvgIpc) is 3.31. The van der Waals surface area contributed by atoms with Crippen molar-refractivity contribution in [2.75, 3.05) is 7.11 Å². The third kappa shape index (κ3) is 2.58. The Morgan fingerprint density at radius 1 is 1.16 bits per heavy atom. The second kappa shape index (κ2) is 4.97. The van der Waals surface area contributed by atoms with E-state index in [1.165, 1.54) is 0 Å². The van der Waals surface area contributed by atoms with Crippen LogP contribution in [0.25, 0.3) is 11.4 Å². The van der Waals surface area contributed by atoms with E-state index in [9.17, 15) is 5.11 Å². The summed E-state index contributed by atoms with van der Waals surface area (Å²) in [6.45, 7) is 0. The van der Waals surface area contributed by atoms with Crippen molar-refractivity contribution in [1.29, 1.82) is 0 Å². The van der Waals surface area contributed by atoms with Gasteiger partial charge in [-0.1, -0.05) is 0 Å². The molecule has 1 saturated carbocycles. The summed E-state index contributed by atoms with van der Waals surface area (Å²) in [5.74, 6) is 1.87. The van der Waals surface area contributed by atoms with E-state index in [-0.39, 0.29) is 0 Å². The molecule has 1 aliphatic rings. The van der Waals surface area contributed by atoms with E-state index in [2.05, 4.69) is 9.97 Å². The van der Waals surface area contributed by atoms with Crippen LogP contribution >= 0.6 is 0 Å². The van der Waals surface area contributed by atoms with Crippen LogP contribution in [0.15, 0.2) is 36.7 Å². The van der Waals surface area contributed by atoms with Gasteiger partial charge in [0.05, 0.1) is 13.2 Å². The van der Waals surface area contributed by atoms with E-state index in [0.29, 0.717) is 11.7 Å². The molecule has 2 aromatic rings. The van der Waals surface area contributed by atoms with Crippen LogP contribution in [0.2, 0.25) is 0 Å². The highest BCUT2D eigenvalue weighted by Crippen LogP contribution is 2.40. The Labute approximate surface area is 112 Å². The Morgan fingerprint density at radius 3 is 2.32 bits per heavy atom. The Hall–Kier alpha value is -1.94. The summed E-state index contributed by atoms with van der Waals surface area (Å²) in [7, 11) is 1.64. The molecule has 4 nitrogen and oxygen atoms in total. The van der Waals surface area contributed by atoms with Crippen LogP contribution in [0, 0.1) is 5.92 Å². The monoisotopic (exact) mass is 256 g/mol. The van der Waals surface area contributed by atoms with Crippen molar-refractivity contribution in [1.82, 2.24) is 9.97 Å².